The second-order valence-corrected chi connectivity index (χ2v) is 21.2. The summed E-state index contributed by atoms with van der Waals surface area (Å²) in [6, 6.07) is 38.1. The average molecular weight is 947 g/mol. The molecule has 8 aromatic rings. The Morgan fingerprint density at radius 2 is 1.45 bits per heavy atom. The van der Waals surface area contributed by atoms with Crippen molar-refractivity contribution in [1.29, 1.82) is 0 Å². The molecule has 0 atom stereocenters. The van der Waals surface area contributed by atoms with Crippen molar-refractivity contribution in [3.63, 3.8) is 0 Å². The van der Waals surface area contributed by atoms with E-state index < -0.39 is 19.9 Å². The maximum atomic E-state index is 13.4. The number of hydrogen-bond acceptors (Lipinski definition) is 4. The zero-order valence-electron chi connectivity index (χ0n) is 31.7. The molecule has 4 aromatic heterocycles. The molecule has 283 valence electrons. The molecule has 4 heterocycles. The van der Waals surface area contributed by atoms with Gasteiger partial charge in [-0.1, -0.05) is 101 Å². The maximum absolute atomic E-state index is 13.4. The second-order valence-electron chi connectivity index (χ2n) is 15.1. The molecule has 0 fully saturated rings. The third-order valence-corrected chi connectivity index (χ3v) is 12.8. The smallest absolute Gasteiger partial charge is 0.333 e. The molecular formula is C45H41F3IrN4SSi-2. The van der Waals surface area contributed by atoms with Crippen LogP contribution in [0.2, 0.25) is 19.6 Å². The van der Waals surface area contributed by atoms with Gasteiger partial charge in [0.25, 0.3) is 0 Å². The first-order valence-electron chi connectivity index (χ1n) is 18.1. The molecule has 10 heteroatoms. The fourth-order valence-corrected chi connectivity index (χ4v) is 8.94. The number of benzene rings is 4. The molecule has 4 nitrogen and oxygen atoms in total. The van der Waals surface area contributed by atoms with Crippen molar-refractivity contribution in [1.82, 2.24) is 19.5 Å². The van der Waals surface area contributed by atoms with Crippen LogP contribution in [0.4, 0.5) is 13.2 Å². The number of aromatic nitrogens is 4. The van der Waals surface area contributed by atoms with Crippen molar-refractivity contribution in [3.8, 4) is 28.3 Å². The molecule has 0 amide bonds. The Kier molecular flexibility index (Phi) is 11.7. The van der Waals surface area contributed by atoms with Gasteiger partial charge in [-0.15, -0.1) is 54.1 Å². The van der Waals surface area contributed by atoms with Crippen molar-refractivity contribution in [2.45, 2.75) is 65.3 Å². The van der Waals surface area contributed by atoms with E-state index in [-0.39, 0.29) is 31.9 Å². The number of fused-ring (bicyclic) bond motifs is 4. The molecule has 1 radical (unpaired) electrons. The molecule has 8 rings (SSSR count). The normalized spacial score (nSPS) is 12.0. The predicted octanol–water partition coefficient (Wildman–Crippen LogP) is 12.6. The molecule has 0 spiro atoms. The largest absolute Gasteiger partial charge is 0.433 e. The molecule has 0 unspecified atom stereocenters. The standard InChI is InChI=1S/C31H25F3N3S.C14H16NSi.Ir/c1-17(2)19-9-7-10-20(18(3)4)28(19)37-25-14-6-5-13-24(25)36-30(37)22-12-8-11-21-23-16-35-27(31(32,33)34)15-26(23)38-29(21)22;1-16(2,3)13-9-10-14(15-11-13)12-7-5-4-6-8-12;/h5-11,13-18H,1-4H3;4-7,9-11H,1-3H3;/q2*-1;. The topological polar surface area (TPSA) is 43.6 Å². The first kappa shape index (κ1) is 40.2. The third kappa shape index (κ3) is 8.10. The van der Waals surface area contributed by atoms with Crippen LogP contribution in [0.3, 0.4) is 0 Å². The SMILES string of the molecule is CC(C)c1cccc(C(C)C)c1-n1c(-c2[c-]ccc3c2sc2cc(C(F)(F)F)ncc23)nc2ccccc21.C[Si](C)(C)c1ccc(-c2[c-]cccc2)nc1.[Ir]. The fraction of sp³-hybridized carbons (Fsp3) is 0.222. The number of halogens is 3. The number of rotatable bonds is 6. The van der Waals surface area contributed by atoms with Crippen LogP contribution in [0.25, 0.3) is 59.5 Å². The van der Waals surface area contributed by atoms with E-state index in [1.807, 2.05) is 60.8 Å². The van der Waals surface area contributed by atoms with Gasteiger partial charge in [-0.05, 0) is 62.1 Å². The molecule has 0 bridgehead atoms. The number of imidazole rings is 1. The number of thiophene rings is 1. The molecule has 0 aliphatic rings. The summed E-state index contributed by atoms with van der Waals surface area (Å²) in [7, 11) is -1.23. The van der Waals surface area contributed by atoms with Crippen LogP contribution in [-0.2, 0) is 26.3 Å². The Labute approximate surface area is 338 Å². The predicted molar refractivity (Wildman–Crippen MR) is 221 cm³/mol. The van der Waals surface area contributed by atoms with Crippen molar-refractivity contribution in [3.05, 3.63) is 138 Å². The maximum Gasteiger partial charge on any atom is 0.433 e. The summed E-state index contributed by atoms with van der Waals surface area (Å²) in [5.74, 6) is 1.27. The van der Waals surface area contributed by atoms with Gasteiger partial charge < -0.3 is 9.55 Å². The molecule has 0 N–H and O–H groups in total. The summed E-state index contributed by atoms with van der Waals surface area (Å²) in [6.45, 7) is 15.7. The van der Waals surface area contributed by atoms with Gasteiger partial charge in [0.05, 0.1) is 24.9 Å². The van der Waals surface area contributed by atoms with Crippen LogP contribution in [0.5, 0.6) is 0 Å². The van der Waals surface area contributed by atoms with Gasteiger partial charge in [0.2, 0.25) is 0 Å². The van der Waals surface area contributed by atoms with E-state index in [0.29, 0.717) is 10.1 Å². The first-order valence-corrected chi connectivity index (χ1v) is 22.4. The molecule has 0 saturated carbocycles. The van der Waals surface area contributed by atoms with Gasteiger partial charge in [0.1, 0.15) is 5.69 Å². The summed E-state index contributed by atoms with van der Waals surface area (Å²) in [5, 5.41) is 2.94. The molecule has 0 saturated heterocycles. The van der Waals surface area contributed by atoms with Crippen LogP contribution in [0, 0.1) is 12.1 Å². The Bertz CT molecular complexity index is 2560. The molecule has 4 aromatic carbocycles. The molecule has 55 heavy (non-hydrogen) atoms. The zero-order valence-corrected chi connectivity index (χ0v) is 35.9. The monoisotopic (exact) mass is 947 g/mol. The van der Waals surface area contributed by atoms with E-state index in [4.69, 9.17) is 4.98 Å². The molecular weight excluding hydrogens is 906 g/mol. The zero-order chi connectivity index (χ0) is 38.4. The van der Waals surface area contributed by atoms with E-state index in [9.17, 15) is 13.2 Å². The fourth-order valence-electron chi connectivity index (χ4n) is 6.70. The van der Waals surface area contributed by atoms with Gasteiger partial charge in [-0.2, -0.15) is 24.5 Å². The van der Waals surface area contributed by atoms with Gasteiger partial charge in [-0.3, -0.25) is 9.97 Å². The van der Waals surface area contributed by atoms with E-state index in [1.165, 1.54) is 33.8 Å². The van der Waals surface area contributed by atoms with Crippen LogP contribution in [-0.4, -0.2) is 27.6 Å². The Balaban J connectivity index is 0.000000254. The Hall–Kier alpha value is -4.47. The number of alkyl halides is 3. The van der Waals surface area contributed by atoms with Gasteiger partial charge in [-0.25, -0.2) is 0 Å². The van der Waals surface area contributed by atoms with Crippen LogP contribution >= 0.6 is 11.3 Å². The Morgan fingerprint density at radius 3 is 2.07 bits per heavy atom. The number of nitrogens with zero attached hydrogens (tertiary/aromatic N) is 4. The van der Waals surface area contributed by atoms with Gasteiger partial charge in [0, 0.05) is 42.9 Å². The number of para-hydroxylation sites is 3. The minimum absolute atomic E-state index is 0. The minimum Gasteiger partial charge on any atom is -0.333 e. The van der Waals surface area contributed by atoms with Gasteiger partial charge >= 0.3 is 6.18 Å². The summed E-state index contributed by atoms with van der Waals surface area (Å²) in [4.78, 5) is 13.3. The van der Waals surface area contributed by atoms with Crippen LogP contribution in [0.1, 0.15) is 56.4 Å². The van der Waals surface area contributed by atoms with E-state index in [2.05, 4.69) is 110 Å². The molecule has 0 aliphatic carbocycles. The van der Waals surface area contributed by atoms with Crippen molar-refractivity contribution in [2.24, 2.45) is 0 Å². The van der Waals surface area contributed by atoms with Crippen molar-refractivity contribution < 1.29 is 33.3 Å². The van der Waals surface area contributed by atoms with Crippen molar-refractivity contribution >= 4 is 55.8 Å². The molecule has 0 aliphatic heterocycles. The summed E-state index contributed by atoms with van der Waals surface area (Å²) in [6.07, 6.45) is -1.15. The van der Waals surface area contributed by atoms with Gasteiger partial charge in [0.15, 0.2) is 0 Å². The number of hydrogen-bond donors (Lipinski definition) is 0. The third-order valence-electron chi connectivity index (χ3n) is 9.57. The van der Waals surface area contributed by atoms with E-state index in [1.54, 1.807) is 0 Å². The minimum atomic E-state index is -4.50. The van der Waals surface area contributed by atoms with E-state index in [0.717, 1.165) is 55.5 Å². The first-order chi connectivity index (χ1) is 25.7. The van der Waals surface area contributed by atoms with Crippen LogP contribution < -0.4 is 5.19 Å². The van der Waals surface area contributed by atoms with Crippen molar-refractivity contribution in [2.75, 3.05) is 0 Å². The van der Waals surface area contributed by atoms with E-state index >= 15 is 0 Å². The summed E-state index contributed by atoms with van der Waals surface area (Å²) < 4.78 is 43.8. The quantitative estimate of drug-likeness (QED) is 0.123. The number of pyridine rings is 2. The summed E-state index contributed by atoms with van der Waals surface area (Å²) >= 11 is 1.32. The average Bonchev–Trinajstić information content (AvgIpc) is 3.73. The van der Waals surface area contributed by atoms with Crippen LogP contribution in [0.15, 0.2) is 109 Å². The summed E-state index contributed by atoms with van der Waals surface area (Å²) in [5.41, 5.74) is 7.30. The Morgan fingerprint density at radius 1 is 0.745 bits per heavy atom. The second kappa shape index (κ2) is 15.9.